The third kappa shape index (κ3) is 4.44. The Bertz CT molecular complexity index is 558. The topological polar surface area (TPSA) is 110 Å². The molecule has 0 aliphatic carbocycles. The number of carboxylic acids is 1. The lowest BCUT2D eigenvalue weighted by molar-refractivity contribution is -0.385. The van der Waals surface area contributed by atoms with Crippen LogP contribution in [0.5, 0.6) is 5.75 Å². The van der Waals surface area contributed by atoms with E-state index in [1.165, 1.54) is 24.1 Å². The first-order valence-electron chi connectivity index (χ1n) is 6.25. The second kappa shape index (κ2) is 7.22. The number of rotatable bonds is 7. The first kappa shape index (κ1) is 16.4. The molecule has 0 radical (unpaired) electrons. The predicted octanol–water partition coefficient (Wildman–Crippen LogP) is 1.54. The van der Waals surface area contributed by atoms with Crippen LogP contribution in [0.1, 0.15) is 23.7 Å². The highest BCUT2D eigenvalue weighted by Gasteiger charge is 2.20. The molecule has 1 aromatic rings. The summed E-state index contributed by atoms with van der Waals surface area (Å²) in [7, 11) is 1.44. The molecule has 0 bridgehead atoms. The maximum Gasteiger partial charge on any atom is 0.311 e. The van der Waals surface area contributed by atoms with E-state index in [4.69, 9.17) is 9.84 Å². The molecule has 0 aliphatic rings. The number of benzene rings is 1. The van der Waals surface area contributed by atoms with Crippen molar-refractivity contribution in [1.82, 2.24) is 4.90 Å². The van der Waals surface area contributed by atoms with Gasteiger partial charge in [0.15, 0.2) is 5.75 Å². The van der Waals surface area contributed by atoms with Crippen molar-refractivity contribution in [1.29, 1.82) is 0 Å². The predicted molar refractivity (Wildman–Crippen MR) is 73.5 cm³/mol. The smallest absolute Gasteiger partial charge is 0.311 e. The van der Waals surface area contributed by atoms with E-state index in [0.717, 1.165) is 6.07 Å². The van der Waals surface area contributed by atoms with Crippen LogP contribution < -0.4 is 4.74 Å². The van der Waals surface area contributed by atoms with E-state index in [1.807, 2.05) is 0 Å². The molecule has 0 saturated heterocycles. The molecule has 8 heteroatoms. The monoisotopic (exact) mass is 296 g/mol. The Hall–Kier alpha value is -2.64. The number of hydrogen-bond donors (Lipinski definition) is 1. The van der Waals surface area contributed by atoms with E-state index in [-0.39, 0.29) is 36.6 Å². The summed E-state index contributed by atoms with van der Waals surface area (Å²) < 4.78 is 5.13. The number of ether oxygens (including phenoxy) is 1. The number of carbonyl (C=O) groups is 2. The molecule has 114 valence electrons. The van der Waals surface area contributed by atoms with Gasteiger partial charge in [-0.25, -0.2) is 0 Å². The van der Waals surface area contributed by atoms with E-state index in [9.17, 15) is 19.7 Å². The fourth-order valence-corrected chi connectivity index (χ4v) is 1.66. The van der Waals surface area contributed by atoms with E-state index in [0.29, 0.717) is 0 Å². The number of hydrogen-bond acceptors (Lipinski definition) is 5. The molecule has 1 rings (SSSR count). The normalized spacial score (nSPS) is 10.0. The Morgan fingerprint density at radius 3 is 2.62 bits per heavy atom. The SMILES string of the molecule is CCOc1ccc(C(=O)N(C)CCC(=O)O)cc1[N+](=O)[O-]. The van der Waals surface area contributed by atoms with Gasteiger partial charge in [0, 0.05) is 25.2 Å². The Balaban J connectivity index is 2.97. The number of amides is 1. The molecule has 1 N–H and O–H groups in total. The van der Waals surface area contributed by atoms with E-state index in [2.05, 4.69) is 0 Å². The van der Waals surface area contributed by atoms with Gasteiger partial charge in [-0.05, 0) is 19.1 Å². The van der Waals surface area contributed by atoms with Gasteiger partial charge in [0.25, 0.3) is 5.91 Å². The lowest BCUT2D eigenvalue weighted by Gasteiger charge is -2.16. The maximum absolute atomic E-state index is 12.1. The van der Waals surface area contributed by atoms with Gasteiger partial charge < -0.3 is 14.7 Å². The molecule has 0 fully saturated rings. The molecule has 0 heterocycles. The van der Waals surface area contributed by atoms with Crippen LogP contribution in [0.2, 0.25) is 0 Å². The van der Waals surface area contributed by atoms with Crippen molar-refractivity contribution in [3.05, 3.63) is 33.9 Å². The minimum absolute atomic E-state index is 0.0230. The largest absolute Gasteiger partial charge is 0.487 e. The summed E-state index contributed by atoms with van der Waals surface area (Å²) in [6, 6.07) is 3.90. The van der Waals surface area contributed by atoms with Crippen LogP contribution in [-0.2, 0) is 4.79 Å². The molecule has 21 heavy (non-hydrogen) atoms. The molecule has 0 aliphatic heterocycles. The molecular weight excluding hydrogens is 280 g/mol. The van der Waals surface area contributed by atoms with E-state index >= 15 is 0 Å². The summed E-state index contributed by atoms with van der Waals surface area (Å²) in [6.07, 6.45) is -0.193. The Labute approximate surface area is 121 Å². The fraction of sp³-hybridized carbons (Fsp3) is 0.385. The van der Waals surface area contributed by atoms with Crippen molar-refractivity contribution < 1.29 is 24.4 Å². The number of carboxylic acid groups (broad SMARTS) is 1. The van der Waals surface area contributed by atoms with Crippen molar-refractivity contribution in [2.75, 3.05) is 20.2 Å². The minimum Gasteiger partial charge on any atom is -0.487 e. The van der Waals surface area contributed by atoms with Crippen molar-refractivity contribution in [3.8, 4) is 5.75 Å². The maximum atomic E-state index is 12.1. The van der Waals surface area contributed by atoms with Crippen LogP contribution in [-0.4, -0.2) is 47.0 Å². The average molecular weight is 296 g/mol. The van der Waals surface area contributed by atoms with Gasteiger partial charge >= 0.3 is 11.7 Å². The Morgan fingerprint density at radius 1 is 1.43 bits per heavy atom. The highest BCUT2D eigenvalue weighted by Crippen LogP contribution is 2.28. The van der Waals surface area contributed by atoms with Crippen molar-refractivity contribution in [2.24, 2.45) is 0 Å². The summed E-state index contributed by atoms with van der Waals surface area (Å²) >= 11 is 0. The summed E-state index contributed by atoms with van der Waals surface area (Å²) in [6.45, 7) is 1.99. The highest BCUT2D eigenvalue weighted by molar-refractivity contribution is 5.95. The molecule has 1 amide bonds. The minimum atomic E-state index is -1.02. The van der Waals surface area contributed by atoms with Gasteiger partial charge in [-0.3, -0.25) is 19.7 Å². The van der Waals surface area contributed by atoms with Gasteiger partial charge in [0.2, 0.25) is 0 Å². The van der Waals surface area contributed by atoms with E-state index in [1.54, 1.807) is 6.92 Å². The first-order valence-corrected chi connectivity index (χ1v) is 6.25. The van der Waals surface area contributed by atoms with E-state index < -0.39 is 16.8 Å². The van der Waals surface area contributed by atoms with Crippen LogP contribution in [0.25, 0.3) is 0 Å². The second-order valence-electron chi connectivity index (χ2n) is 4.24. The van der Waals surface area contributed by atoms with Crippen molar-refractivity contribution >= 4 is 17.6 Å². The molecular formula is C13H16N2O6. The standard InChI is InChI=1S/C13H16N2O6/c1-3-21-11-5-4-9(8-10(11)15(19)20)13(18)14(2)7-6-12(16)17/h4-5,8H,3,6-7H2,1-2H3,(H,16,17). The van der Waals surface area contributed by atoms with Gasteiger partial charge in [-0.1, -0.05) is 0 Å². The summed E-state index contributed by atoms with van der Waals surface area (Å²) in [5, 5.41) is 19.6. The molecule has 0 spiro atoms. The van der Waals surface area contributed by atoms with Gasteiger partial charge in [0.05, 0.1) is 18.0 Å². The van der Waals surface area contributed by atoms with Crippen LogP contribution in [0.4, 0.5) is 5.69 Å². The molecule has 0 saturated carbocycles. The number of nitro benzene ring substituents is 1. The molecule has 0 aromatic heterocycles. The fourth-order valence-electron chi connectivity index (χ4n) is 1.66. The summed E-state index contributed by atoms with van der Waals surface area (Å²) in [5.41, 5.74) is -0.188. The summed E-state index contributed by atoms with van der Waals surface area (Å²) in [4.78, 5) is 34.1. The lowest BCUT2D eigenvalue weighted by Crippen LogP contribution is -2.29. The molecule has 8 nitrogen and oxygen atoms in total. The van der Waals surface area contributed by atoms with Crippen LogP contribution in [0.15, 0.2) is 18.2 Å². The zero-order valence-electron chi connectivity index (χ0n) is 11.7. The zero-order chi connectivity index (χ0) is 16.0. The van der Waals surface area contributed by atoms with Gasteiger partial charge in [-0.15, -0.1) is 0 Å². The van der Waals surface area contributed by atoms with Crippen molar-refractivity contribution in [2.45, 2.75) is 13.3 Å². The van der Waals surface area contributed by atoms with Gasteiger partial charge in [0.1, 0.15) is 0 Å². The lowest BCUT2D eigenvalue weighted by atomic mass is 10.1. The third-order valence-electron chi connectivity index (χ3n) is 2.71. The zero-order valence-corrected chi connectivity index (χ0v) is 11.7. The van der Waals surface area contributed by atoms with Crippen LogP contribution in [0, 0.1) is 10.1 Å². The highest BCUT2D eigenvalue weighted by atomic mass is 16.6. The third-order valence-corrected chi connectivity index (χ3v) is 2.71. The van der Waals surface area contributed by atoms with Crippen LogP contribution >= 0.6 is 0 Å². The van der Waals surface area contributed by atoms with Crippen LogP contribution in [0.3, 0.4) is 0 Å². The molecule has 0 atom stereocenters. The Kier molecular flexibility index (Phi) is 5.65. The first-order chi connectivity index (χ1) is 9.86. The molecule has 0 unspecified atom stereocenters. The van der Waals surface area contributed by atoms with Gasteiger partial charge in [-0.2, -0.15) is 0 Å². The Morgan fingerprint density at radius 2 is 2.10 bits per heavy atom. The average Bonchev–Trinajstić information content (AvgIpc) is 2.44. The number of carbonyl (C=O) groups excluding carboxylic acids is 1. The number of nitrogens with zero attached hydrogens (tertiary/aromatic N) is 2. The number of nitro groups is 1. The van der Waals surface area contributed by atoms with Crippen molar-refractivity contribution in [3.63, 3.8) is 0 Å². The second-order valence-corrected chi connectivity index (χ2v) is 4.24. The number of aliphatic carboxylic acids is 1. The summed E-state index contributed by atoms with van der Waals surface area (Å²) in [5.74, 6) is -1.41. The quantitative estimate of drug-likeness (QED) is 0.603. The molecule has 1 aromatic carbocycles.